The lowest BCUT2D eigenvalue weighted by Crippen LogP contribution is -3.00. The van der Waals surface area contributed by atoms with Crippen molar-refractivity contribution in [2.45, 2.75) is 18.1 Å². The summed E-state index contributed by atoms with van der Waals surface area (Å²) < 4.78 is 1.78. The van der Waals surface area contributed by atoms with Crippen LogP contribution in [-0.4, -0.2) is 32.5 Å². The summed E-state index contributed by atoms with van der Waals surface area (Å²) in [6.45, 7) is 1.89. The van der Waals surface area contributed by atoms with Gasteiger partial charge in [-0.15, -0.1) is 5.10 Å². The first-order valence-corrected chi connectivity index (χ1v) is 8.63. The summed E-state index contributed by atoms with van der Waals surface area (Å²) in [5, 5.41) is 16.2. The fourth-order valence-corrected chi connectivity index (χ4v) is 3.02. The van der Waals surface area contributed by atoms with Crippen LogP contribution < -0.4 is 17.7 Å². The van der Waals surface area contributed by atoms with Gasteiger partial charge in [-0.05, 0) is 41.1 Å². The molecule has 24 heavy (non-hydrogen) atoms. The highest BCUT2D eigenvalue weighted by atomic mass is 35.5. The standard InChI is InChI=1S/C17H19N5S.ClH/c1-3-8-15(9-4-1)14-18-12-7-13-23-17-19-20-21-22(17)16-10-5-2-6-11-16;/h1-6,8-11,18H,7,12-14H2;1H/p-1. The van der Waals surface area contributed by atoms with Gasteiger partial charge in [-0.2, -0.15) is 4.68 Å². The van der Waals surface area contributed by atoms with Crippen LogP contribution in [0.4, 0.5) is 0 Å². The van der Waals surface area contributed by atoms with Crippen LogP contribution in [0.25, 0.3) is 5.69 Å². The summed E-state index contributed by atoms with van der Waals surface area (Å²) in [5.74, 6) is 0.981. The first-order chi connectivity index (χ1) is 11.4. The van der Waals surface area contributed by atoms with E-state index in [-0.39, 0.29) is 12.4 Å². The number of nitrogens with zero attached hydrogens (tertiary/aromatic N) is 4. The fourth-order valence-electron chi connectivity index (χ4n) is 2.19. The van der Waals surface area contributed by atoms with E-state index in [9.17, 15) is 0 Å². The number of benzene rings is 2. The fraction of sp³-hybridized carbons (Fsp3) is 0.235. The van der Waals surface area contributed by atoms with E-state index < -0.39 is 0 Å². The minimum absolute atomic E-state index is 0. The van der Waals surface area contributed by atoms with Gasteiger partial charge < -0.3 is 17.7 Å². The number of aromatic nitrogens is 4. The monoisotopic (exact) mass is 360 g/mol. The molecule has 7 heteroatoms. The van der Waals surface area contributed by atoms with E-state index in [0.717, 1.165) is 36.1 Å². The molecule has 0 atom stereocenters. The van der Waals surface area contributed by atoms with E-state index >= 15 is 0 Å². The van der Waals surface area contributed by atoms with Crippen molar-refractivity contribution in [3.05, 3.63) is 66.2 Å². The Morgan fingerprint density at radius 2 is 1.67 bits per heavy atom. The van der Waals surface area contributed by atoms with E-state index in [1.54, 1.807) is 16.4 Å². The number of hydrogen-bond donors (Lipinski definition) is 1. The van der Waals surface area contributed by atoms with Crippen molar-refractivity contribution in [2.75, 3.05) is 12.3 Å². The summed E-state index contributed by atoms with van der Waals surface area (Å²) in [5.41, 5.74) is 2.30. The molecular formula is C17H19ClN5S-. The molecule has 0 spiro atoms. The topological polar surface area (TPSA) is 55.6 Å². The van der Waals surface area contributed by atoms with Crippen molar-refractivity contribution in [3.63, 3.8) is 0 Å². The van der Waals surface area contributed by atoms with Crippen LogP contribution in [0.3, 0.4) is 0 Å². The molecule has 0 aliphatic rings. The SMILES string of the molecule is [Cl-].c1ccc(CNCCCSc2nnnn2-c2ccccc2)cc1. The molecule has 126 valence electrons. The molecule has 1 aromatic heterocycles. The number of rotatable bonds is 8. The lowest BCUT2D eigenvalue weighted by molar-refractivity contribution is -0.00000476. The van der Waals surface area contributed by atoms with E-state index in [4.69, 9.17) is 0 Å². The molecule has 3 aromatic rings. The van der Waals surface area contributed by atoms with Crippen LogP contribution >= 0.6 is 11.8 Å². The molecule has 0 bridgehead atoms. The number of thioether (sulfide) groups is 1. The minimum atomic E-state index is 0. The Balaban J connectivity index is 0.00000208. The number of nitrogens with one attached hydrogen (secondary N) is 1. The van der Waals surface area contributed by atoms with Gasteiger partial charge in [0, 0.05) is 12.3 Å². The van der Waals surface area contributed by atoms with E-state index in [0.29, 0.717) is 0 Å². The van der Waals surface area contributed by atoms with Gasteiger partial charge in [-0.1, -0.05) is 60.3 Å². The molecule has 0 radical (unpaired) electrons. The molecule has 0 aliphatic heterocycles. The molecular weight excluding hydrogens is 342 g/mol. The molecule has 5 nitrogen and oxygen atoms in total. The molecule has 0 saturated heterocycles. The highest BCUT2D eigenvalue weighted by Crippen LogP contribution is 2.18. The van der Waals surface area contributed by atoms with Crippen molar-refractivity contribution in [3.8, 4) is 5.69 Å². The molecule has 0 aliphatic carbocycles. The summed E-state index contributed by atoms with van der Waals surface area (Å²) in [4.78, 5) is 0. The van der Waals surface area contributed by atoms with E-state index in [2.05, 4.69) is 45.1 Å². The van der Waals surface area contributed by atoms with E-state index in [1.807, 2.05) is 36.4 Å². The Morgan fingerprint density at radius 1 is 0.958 bits per heavy atom. The van der Waals surface area contributed by atoms with Crippen molar-refractivity contribution in [1.82, 2.24) is 25.5 Å². The second-order valence-electron chi connectivity index (χ2n) is 5.07. The van der Waals surface area contributed by atoms with Crippen molar-refractivity contribution in [2.24, 2.45) is 0 Å². The van der Waals surface area contributed by atoms with Crippen LogP contribution in [0.2, 0.25) is 0 Å². The lowest BCUT2D eigenvalue weighted by Gasteiger charge is -2.05. The second kappa shape index (κ2) is 10.1. The highest BCUT2D eigenvalue weighted by molar-refractivity contribution is 7.99. The van der Waals surface area contributed by atoms with Crippen molar-refractivity contribution >= 4 is 11.8 Å². The quantitative estimate of drug-likeness (QED) is 0.450. The first kappa shape index (κ1) is 18.4. The van der Waals surface area contributed by atoms with Gasteiger partial charge in [-0.25, -0.2) is 0 Å². The van der Waals surface area contributed by atoms with Crippen LogP contribution in [0.5, 0.6) is 0 Å². The third-order valence-electron chi connectivity index (χ3n) is 3.34. The summed E-state index contributed by atoms with van der Waals surface area (Å²) in [7, 11) is 0. The molecule has 1 heterocycles. The molecule has 1 N–H and O–H groups in total. The summed E-state index contributed by atoms with van der Waals surface area (Å²) >= 11 is 1.68. The Kier molecular flexibility index (Phi) is 7.74. The van der Waals surface area contributed by atoms with Gasteiger partial charge in [0.25, 0.3) is 0 Å². The van der Waals surface area contributed by atoms with Gasteiger partial charge in [-0.3, -0.25) is 0 Å². The summed E-state index contributed by atoms with van der Waals surface area (Å²) in [6, 6.07) is 20.4. The van der Waals surface area contributed by atoms with Gasteiger partial charge in [0.05, 0.1) is 5.69 Å². The minimum Gasteiger partial charge on any atom is -1.00 e. The molecule has 0 unspecified atom stereocenters. The molecule has 3 rings (SSSR count). The van der Waals surface area contributed by atoms with Crippen LogP contribution in [0, 0.1) is 0 Å². The smallest absolute Gasteiger partial charge is 0.214 e. The molecule has 0 fully saturated rings. The van der Waals surface area contributed by atoms with Crippen LogP contribution in [-0.2, 0) is 6.54 Å². The number of tetrazole rings is 1. The number of hydrogen-bond acceptors (Lipinski definition) is 5. The summed E-state index contributed by atoms with van der Waals surface area (Å²) in [6.07, 6.45) is 1.07. The maximum absolute atomic E-state index is 4.10. The third-order valence-corrected chi connectivity index (χ3v) is 4.35. The Labute approximate surface area is 152 Å². The van der Waals surface area contributed by atoms with Crippen LogP contribution in [0.15, 0.2) is 65.8 Å². The van der Waals surface area contributed by atoms with E-state index in [1.165, 1.54) is 5.56 Å². The van der Waals surface area contributed by atoms with Crippen molar-refractivity contribution < 1.29 is 12.4 Å². The first-order valence-electron chi connectivity index (χ1n) is 7.65. The third kappa shape index (κ3) is 5.33. The average Bonchev–Trinajstić information content (AvgIpc) is 3.08. The van der Waals surface area contributed by atoms with Gasteiger partial charge in [0.1, 0.15) is 0 Å². The van der Waals surface area contributed by atoms with Crippen LogP contribution in [0.1, 0.15) is 12.0 Å². The zero-order chi connectivity index (χ0) is 15.7. The maximum atomic E-state index is 4.10. The largest absolute Gasteiger partial charge is 1.00 e. The maximum Gasteiger partial charge on any atom is 0.214 e. The predicted octanol–water partition coefficient (Wildman–Crippen LogP) is -0.0617. The zero-order valence-electron chi connectivity index (χ0n) is 13.2. The molecule has 0 saturated carbocycles. The number of para-hydroxylation sites is 1. The Hall–Kier alpha value is -1.89. The van der Waals surface area contributed by atoms with Gasteiger partial charge in [0.2, 0.25) is 5.16 Å². The molecule has 0 amide bonds. The van der Waals surface area contributed by atoms with Gasteiger partial charge in [0.15, 0.2) is 0 Å². The highest BCUT2D eigenvalue weighted by Gasteiger charge is 2.07. The number of halogens is 1. The lowest BCUT2D eigenvalue weighted by atomic mass is 10.2. The normalized spacial score (nSPS) is 10.3. The Morgan fingerprint density at radius 3 is 2.42 bits per heavy atom. The predicted molar refractivity (Wildman–Crippen MR) is 92.6 cm³/mol. The molecule has 2 aromatic carbocycles. The second-order valence-corrected chi connectivity index (χ2v) is 6.14. The average molecular weight is 361 g/mol. The van der Waals surface area contributed by atoms with Crippen molar-refractivity contribution in [1.29, 1.82) is 0 Å². The zero-order valence-corrected chi connectivity index (χ0v) is 14.7. The van der Waals surface area contributed by atoms with Gasteiger partial charge >= 0.3 is 0 Å². The Bertz CT molecular complexity index is 705.